The Bertz CT molecular complexity index is 434. The second-order valence-corrected chi connectivity index (χ2v) is 3.07. The van der Waals surface area contributed by atoms with Gasteiger partial charge in [0.1, 0.15) is 11.6 Å². The van der Waals surface area contributed by atoms with Crippen molar-refractivity contribution in [3.8, 4) is 0 Å². The van der Waals surface area contributed by atoms with E-state index in [-0.39, 0.29) is 0 Å². The highest BCUT2D eigenvalue weighted by atomic mass is 19.1. The van der Waals surface area contributed by atoms with E-state index < -0.39 is 35.2 Å². The third-order valence-corrected chi connectivity index (χ3v) is 1.84. The normalized spacial score (nSPS) is 11.9. The maximum atomic E-state index is 13.1. The first-order chi connectivity index (χ1) is 7.41. The van der Waals surface area contributed by atoms with Gasteiger partial charge in [0.15, 0.2) is 6.10 Å². The van der Waals surface area contributed by atoms with Crippen molar-refractivity contribution in [2.24, 2.45) is 5.73 Å². The first kappa shape index (κ1) is 12.1. The fraction of sp³-hybridized carbons (Fsp3) is 0.200. The number of hydrogen-bond donors (Lipinski definition) is 1. The van der Waals surface area contributed by atoms with Crippen molar-refractivity contribution >= 4 is 11.9 Å². The summed E-state index contributed by atoms with van der Waals surface area (Å²) in [5.74, 6) is -3.78. The number of rotatable bonds is 3. The van der Waals surface area contributed by atoms with Crippen LogP contribution < -0.4 is 5.73 Å². The molecule has 0 saturated heterocycles. The van der Waals surface area contributed by atoms with Gasteiger partial charge in [-0.3, -0.25) is 4.79 Å². The van der Waals surface area contributed by atoms with Crippen molar-refractivity contribution in [1.82, 2.24) is 0 Å². The summed E-state index contributed by atoms with van der Waals surface area (Å²) in [6.45, 7) is 1.25. The summed E-state index contributed by atoms with van der Waals surface area (Å²) in [6, 6.07) is 2.39. The van der Waals surface area contributed by atoms with E-state index in [4.69, 9.17) is 5.73 Å². The highest BCUT2D eigenvalue weighted by Crippen LogP contribution is 2.11. The molecule has 0 saturated carbocycles. The SMILES string of the molecule is C[C@@H](OC(=O)c1ccc(F)cc1F)C(N)=O. The number of carbonyl (C=O) groups is 2. The zero-order chi connectivity index (χ0) is 12.3. The largest absolute Gasteiger partial charge is 0.449 e. The lowest BCUT2D eigenvalue weighted by Crippen LogP contribution is -2.30. The molecule has 1 atom stereocenters. The Kier molecular flexibility index (Phi) is 3.55. The van der Waals surface area contributed by atoms with Crippen LogP contribution in [0.5, 0.6) is 0 Å². The van der Waals surface area contributed by atoms with E-state index in [1.54, 1.807) is 0 Å². The molecule has 1 rings (SSSR count). The first-order valence-corrected chi connectivity index (χ1v) is 4.37. The van der Waals surface area contributed by atoms with Crippen molar-refractivity contribution in [2.75, 3.05) is 0 Å². The number of primary amides is 1. The molecular weight excluding hydrogens is 220 g/mol. The van der Waals surface area contributed by atoms with Crippen molar-refractivity contribution in [2.45, 2.75) is 13.0 Å². The molecule has 2 N–H and O–H groups in total. The zero-order valence-electron chi connectivity index (χ0n) is 8.37. The third-order valence-electron chi connectivity index (χ3n) is 1.84. The van der Waals surface area contributed by atoms with Crippen LogP contribution in [0.25, 0.3) is 0 Å². The van der Waals surface area contributed by atoms with Crippen LogP contribution >= 0.6 is 0 Å². The second kappa shape index (κ2) is 4.69. The molecule has 4 nitrogen and oxygen atoms in total. The van der Waals surface area contributed by atoms with Gasteiger partial charge in [0.05, 0.1) is 5.56 Å². The highest BCUT2D eigenvalue weighted by Gasteiger charge is 2.19. The Labute approximate surface area is 90.0 Å². The molecule has 1 aromatic carbocycles. The summed E-state index contributed by atoms with van der Waals surface area (Å²) in [4.78, 5) is 21.9. The fourth-order valence-electron chi connectivity index (χ4n) is 0.937. The number of nitrogens with two attached hydrogens (primary N) is 1. The van der Waals surface area contributed by atoms with E-state index >= 15 is 0 Å². The van der Waals surface area contributed by atoms with Gasteiger partial charge in [0.25, 0.3) is 5.91 Å². The van der Waals surface area contributed by atoms with Gasteiger partial charge in [-0.15, -0.1) is 0 Å². The smallest absolute Gasteiger partial charge is 0.341 e. The van der Waals surface area contributed by atoms with Gasteiger partial charge in [0, 0.05) is 6.07 Å². The molecule has 0 radical (unpaired) electrons. The molecule has 1 amide bonds. The molecule has 16 heavy (non-hydrogen) atoms. The van der Waals surface area contributed by atoms with Gasteiger partial charge >= 0.3 is 5.97 Å². The summed E-state index contributed by atoms with van der Waals surface area (Å²) in [7, 11) is 0. The molecule has 0 bridgehead atoms. The minimum atomic E-state index is -1.17. The van der Waals surface area contributed by atoms with Gasteiger partial charge in [0.2, 0.25) is 0 Å². The molecule has 0 unspecified atom stereocenters. The zero-order valence-corrected chi connectivity index (χ0v) is 8.37. The molecule has 0 fully saturated rings. The summed E-state index contributed by atoms with van der Waals surface area (Å²) in [5, 5.41) is 0. The Balaban J connectivity index is 2.85. The molecule has 6 heteroatoms. The van der Waals surface area contributed by atoms with Crippen LogP contribution in [0.15, 0.2) is 18.2 Å². The van der Waals surface area contributed by atoms with Gasteiger partial charge in [-0.05, 0) is 19.1 Å². The summed E-state index contributed by atoms with van der Waals surface area (Å²) in [6.07, 6.45) is -1.17. The molecule has 0 aliphatic rings. The number of amides is 1. The molecule has 0 heterocycles. The van der Waals surface area contributed by atoms with Crippen molar-refractivity contribution in [1.29, 1.82) is 0 Å². The first-order valence-electron chi connectivity index (χ1n) is 4.37. The summed E-state index contributed by atoms with van der Waals surface area (Å²) < 4.78 is 30.2. The van der Waals surface area contributed by atoms with E-state index in [2.05, 4.69) is 4.74 Å². The number of hydrogen-bond acceptors (Lipinski definition) is 3. The standard InChI is InChI=1S/C10H9F2NO3/c1-5(9(13)14)16-10(15)7-3-2-6(11)4-8(7)12/h2-5H,1H3,(H2,13,14)/t5-/m1/s1. The average molecular weight is 229 g/mol. The molecule has 0 spiro atoms. The number of ether oxygens (including phenoxy) is 1. The van der Waals surface area contributed by atoms with E-state index in [1.165, 1.54) is 6.92 Å². The lowest BCUT2D eigenvalue weighted by atomic mass is 10.2. The Hall–Kier alpha value is -1.98. The lowest BCUT2D eigenvalue weighted by Gasteiger charge is -2.09. The molecule has 0 aromatic heterocycles. The molecule has 0 aliphatic carbocycles. The molecular formula is C10H9F2NO3. The Morgan fingerprint density at radius 2 is 2.00 bits per heavy atom. The van der Waals surface area contributed by atoms with Crippen molar-refractivity contribution < 1.29 is 23.1 Å². The van der Waals surface area contributed by atoms with Crippen LogP contribution in [-0.2, 0) is 9.53 Å². The molecule has 0 aliphatic heterocycles. The quantitative estimate of drug-likeness (QED) is 0.786. The van der Waals surface area contributed by atoms with Gasteiger partial charge in [-0.1, -0.05) is 0 Å². The van der Waals surface area contributed by atoms with E-state index in [0.717, 1.165) is 12.1 Å². The predicted octanol–water partition coefficient (Wildman–Crippen LogP) is 0.995. The van der Waals surface area contributed by atoms with Crippen LogP contribution in [0.3, 0.4) is 0 Å². The predicted molar refractivity (Wildman–Crippen MR) is 50.4 cm³/mol. The van der Waals surface area contributed by atoms with Gasteiger partial charge in [-0.25, -0.2) is 13.6 Å². The summed E-state index contributed by atoms with van der Waals surface area (Å²) in [5.41, 5.74) is 4.41. The molecule has 1 aromatic rings. The van der Waals surface area contributed by atoms with Crippen LogP contribution in [0.2, 0.25) is 0 Å². The minimum absolute atomic E-state index is 0.450. The highest BCUT2D eigenvalue weighted by molar-refractivity contribution is 5.92. The van der Waals surface area contributed by atoms with Crippen LogP contribution in [-0.4, -0.2) is 18.0 Å². The van der Waals surface area contributed by atoms with Crippen LogP contribution in [0.1, 0.15) is 17.3 Å². The maximum Gasteiger partial charge on any atom is 0.341 e. The number of halogens is 2. The Morgan fingerprint density at radius 1 is 1.38 bits per heavy atom. The topological polar surface area (TPSA) is 69.4 Å². The third kappa shape index (κ3) is 2.75. The second-order valence-electron chi connectivity index (χ2n) is 3.07. The van der Waals surface area contributed by atoms with Gasteiger partial charge < -0.3 is 10.5 Å². The average Bonchev–Trinajstić information content (AvgIpc) is 2.16. The number of carbonyl (C=O) groups excluding carboxylic acids is 2. The van der Waals surface area contributed by atoms with Crippen LogP contribution in [0, 0.1) is 11.6 Å². The fourth-order valence-corrected chi connectivity index (χ4v) is 0.937. The maximum absolute atomic E-state index is 13.1. The monoisotopic (exact) mass is 229 g/mol. The Morgan fingerprint density at radius 3 is 2.50 bits per heavy atom. The van der Waals surface area contributed by atoms with Crippen molar-refractivity contribution in [3.63, 3.8) is 0 Å². The van der Waals surface area contributed by atoms with Crippen molar-refractivity contribution in [3.05, 3.63) is 35.4 Å². The van der Waals surface area contributed by atoms with Gasteiger partial charge in [-0.2, -0.15) is 0 Å². The lowest BCUT2D eigenvalue weighted by molar-refractivity contribution is -0.125. The summed E-state index contributed by atoms with van der Waals surface area (Å²) >= 11 is 0. The number of esters is 1. The van der Waals surface area contributed by atoms with E-state index in [0.29, 0.717) is 6.07 Å². The number of benzene rings is 1. The van der Waals surface area contributed by atoms with E-state index in [9.17, 15) is 18.4 Å². The van der Waals surface area contributed by atoms with Crippen LogP contribution in [0.4, 0.5) is 8.78 Å². The molecule has 86 valence electrons. The minimum Gasteiger partial charge on any atom is -0.449 e. The van der Waals surface area contributed by atoms with E-state index in [1.807, 2.05) is 0 Å².